The number of hydrogen-bond acceptors (Lipinski definition) is 6. The van der Waals surface area contributed by atoms with Crippen LogP contribution < -0.4 is 17.1 Å². The summed E-state index contributed by atoms with van der Waals surface area (Å²) in [6, 6.07) is 0. The van der Waals surface area contributed by atoms with Crippen molar-refractivity contribution in [1.29, 1.82) is 0 Å². The minimum Gasteiger partial charge on any atom is -0.272 e. The fourth-order valence-electron chi connectivity index (χ4n) is 0. The van der Waals surface area contributed by atoms with Gasteiger partial charge in [0.15, 0.2) is 0 Å². The maximum Gasteiger partial charge on any atom is 0.0339 e. The average Bonchev–Trinajstić information content (AvgIpc) is 1.88. The van der Waals surface area contributed by atoms with Gasteiger partial charge in [0.1, 0.15) is 0 Å². The van der Waals surface area contributed by atoms with Crippen molar-refractivity contribution in [3.05, 3.63) is 0 Å². The van der Waals surface area contributed by atoms with Crippen LogP contribution in [0.4, 0.5) is 0 Å². The third-order valence-corrected chi connectivity index (χ3v) is 0.866. The van der Waals surface area contributed by atoms with E-state index in [4.69, 9.17) is 5.84 Å². The largest absolute Gasteiger partial charge is 0.272 e. The maximum absolute atomic E-state index is 4.94. The zero-order valence-corrected chi connectivity index (χ0v) is 9.13. The Morgan fingerprint density at radius 1 is 1.55 bits per heavy atom. The molecule has 70 valence electrons. The molecule has 6 heteroatoms. The molecule has 0 aromatic carbocycles. The number of thiocarbonyl (C=S) groups is 1. The Morgan fingerprint density at radius 3 is 1.64 bits per heavy atom. The van der Waals surface area contributed by atoms with Crippen LogP contribution in [0.2, 0.25) is 0 Å². The van der Waals surface area contributed by atoms with Gasteiger partial charge in [0.05, 0.1) is 0 Å². The van der Waals surface area contributed by atoms with Gasteiger partial charge in [0.25, 0.3) is 0 Å². The summed E-state index contributed by atoms with van der Waals surface area (Å²) in [5, 5.41) is 1.50. The molecule has 0 radical (unpaired) electrons. The second-order valence-corrected chi connectivity index (χ2v) is 2.83. The van der Waals surface area contributed by atoms with Crippen molar-refractivity contribution >= 4 is 28.7 Å². The average molecular weight is 198 g/mol. The number of nitrogens with zero attached hydrogens (tertiary/aromatic N) is 1. The van der Waals surface area contributed by atoms with Crippen LogP contribution in [-0.2, 0) is 0 Å². The van der Waals surface area contributed by atoms with Crippen molar-refractivity contribution < 1.29 is 0 Å². The van der Waals surface area contributed by atoms with E-state index in [1.807, 2.05) is 6.26 Å². The van der Waals surface area contributed by atoms with Gasteiger partial charge in [-0.05, 0) is 13.3 Å². The summed E-state index contributed by atoms with van der Waals surface area (Å²) in [6.45, 7) is 0. The van der Waals surface area contributed by atoms with Crippen molar-refractivity contribution in [2.45, 2.75) is 0 Å². The Bertz CT molecular complexity index is 57.7. The molecule has 4 nitrogen and oxygen atoms in total. The van der Waals surface area contributed by atoms with Crippen molar-refractivity contribution in [2.75, 3.05) is 27.4 Å². The smallest absolute Gasteiger partial charge is 0.0339 e. The summed E-state index contributed by atoms with van der Waals surface area (Å²) < 4.78 is 1.62. The Kier molecular flexibility index (Phi) is 35.5. The van der Waals surface area contributed by atoms with Crippen molar-refractivity contribution in [1.82, 2.24) is 10.4 Å². The van der Waals surface area contributed by atoms with Crippen LogP contribution in [-0.4, -0.2) is 37.1 Å². The van der Waals surface area contributed by atoms with Crippen LogP contribution >= 0.6 is 24.0 Å². The monoisotopic (exact) mass is 198 g/mol. The first-order valence-electron chi connectivity index (χ1n) is 2.82. The van der Waals surface area contributed by atoms with E-state index in [0.29, 0.717) is 0 Å². The van der Waals surface area contributed by atoms with E-state index in [2.05, 4.69) is 23.5 Å². The quantitative estimate of drug-likeness (QED) is 0.308. The third kappa shape index (κ3) is 430. The van der Waals surface area contributed by atoms with E-state index < -0.39 is 0 Å². The van der Waals surface area contributed by atoms with E-state index in [0.717, 1.165) is 0 Å². The minimum absolute atomic E-state index is 1.50. The Morgan fingerprint density at radius 2 is 1.64 bits per heavy atom. The first kappa shape index (κ1) is 17.4. The van der Waals surface area contributed by atoms with E-state index in [1.54, 1.807) is 37.6 Å². The molecular weight excluding hydrogens is 180 g/mol. The standard InChI is InChI=1S/C2H8N2.C2H4S2.CH6N2/c1-4(2)3;1-4-2-3;1-3-2/h3H2,1-2H3;2H,1H3;3H,2H2,1H3. The maximum atomic E-state index is 4.94. The van der Waals surface area contributed by atoms with Crippen LogP contribution in [0.5, 0.6) is 0 Å². The van der Waals surface area contributed by atoms with Gasteiger partial charge in [-0.25, -0.2) is 0 Å². The van der Waals surface area contributed by atoms with Gasteiger partial charge in [-0.3, -0.25) is 22.1 Å². The second kappa shape index (κ2) is 22.4. The molecule has 0 aliphatic rings. The normalized spacial score (nSPS) is 7.18. The highest BCUT2D eigenvalue weighted by Gasteiger charge is 1.57. The summed E-state index contributed by atoms with van der Waals surface area (Å²) in [4.78, 5) is 0. The van der Waals surface area contributed by atoms with Crippen LogP contribution in [0.3, 0.4) is 0 Å². The van der Waals surface area contributed by atoms with Crippen molar-refractivity contribution in [3.8, 4) is 0 Å². The fraction of sp³-hybridized carbons (Fsp3) is 0.800. The third-order valence-electron chi connectivity index (χ3n) is 0.0962. The summed E-state index contributed by atoms with van der Waals surface area (Å²) in [5.41, 5.74) is 2.25. The summed E-state index contributed by atoms with van der Waals surface area (Å²) in [7, 11) is 5.21. The highest BCUT2D eigenvalue weighted by Crippen LogP contribution is 1.78. The number of nitrogens with two attached hydrogens (primary N) is 2. The number of nitrogens with one attached hydrogen (secondary N) is 1. The molecule has 0 amide bonds. The van der Waals surface area contributed by atoms with E-state index in [-0.39, 0.29) is 0 Å². The lowest BCUT2D eigenvalue weighted by Crippen LogP contribution is -2.18. The molecule has 0 saturated carbocycles. The van der Waals surface area contributed by atoms with E-state index >= 15 is 0 Å². The lowest BCUT2D eigenvalue weighted by atomic mass is 11.2. The van der Waals surface area contributed by atoms with Crippen LogP contribution in [0.1, 0.15) is 0 Å². The zero-order valence-electron chi connectivity index (χ0n) is 7.50. The molecule has 0 saturated heterocycles. The number of hydrazine groups is 2. The molecule has 0 aromatic rings. The molecule has 0 spiro atoms. The van der Waals surface area contributed by atoms with Gasteiger partial charge in [-0.1, -0.05) is 12.2 Å². The minimum atomic E-state index is 1.50. The van der Waals surface area contributed by atoms with Gasteiger partial charge in [0.2, 0.25) is 0 Å². The molecule has 0 rings (SSSR count). The zero-order chi connectivity index (χ0) is 9.70. The molecular formula is C5H18N4S2. The van der Waals surface area contributed by atoms with Gasteiger partial charge in [-0.2, -0.15) is 0 Å². The first-order valence-corrected chi connectivity index (χ1v) is 4.58. The van der Waals surface area contributed by atoms with Crippen LogP contribution in [0.15, 0.2) is 0 Å². The first-order chi connectivity index (χ1) is 5.06. The highest BCUT2D eigenvalue weighted by molar-refractivity contribution is 8.20. The highest BCUT2D eigenvalue weighted by atomic mass is 32.2. The van der Waals surface area contributed by atoms with Gasteiger partial charge in [0, 0.05) is 18.8 Å². The second-order valence-electron chi connectivity index (χ2n) is 1.58. The number of rotatable bonds is 1. The van der Waals surface area contributed by atoms with Crippen LogP contribution in [0.25, 0.3) is 0 Å². The van der Waals surface area contributed by atoms with Gasteiger partial charge < -0.3 is 0 Å². The lowest BCUT2D eigenvalue weighted by Gasteiger charge is -1.91. The Balaban J connectivity index is -0.0000000886. The SMILES string of the molecule is CN(C)N.CNN.CSC=S. The van der Waals surface area contributed by atoms with Gasteiger partial charge in [-0.15, -0.1) is 11.8 Å². The number of thioether (sulfide) groups is 1. The van der Waals surface area contributed by atoms with Gasteiger partial charge >= 0.3 is 0 Å². The Hall–Kier alpha value is 0.280. The van der Waals surface area contributed by atoms with Crippen LogP contribution in [0, 0.1) is 0 Å². The summed E-state index contributed by atoms with van der Waals surface area (Å²) in [6.07, 6.45) is 1.94. The molecule has 5 N–H and O–H groups in total. The van der Waals surface area contributed by atoms with E-state index in [1.165, 1.54) is 5.01 Å². The molecule has 0 aromatic heterocycles. The Labute approximate surface area is 78.6 Å². The molecule has 0 atom stereocenters. The predicted octanol–water partition coefficient (Wildman–Crippen LogP) is -0.192. The summed E-state index contributed by atoms with van der Waals surface area (Å²) >= 11 is 5.94. The molecule has 0 fully saturated rings. The molecule has 11 heavy (non-hydrogen) atoms. The van der Waals surface area contributed by atoms with Crippen molar-refractivity contribution in [3.63, 3.8) is 0 Å². The molecule has 0 aliphatic heterocycles. The lowest BCUT2D eigenvalue weighted by molar-refractivity contribution is 0.432. The topological polar surface area (TPSA) is 67.3 Å². The molecule has 0 bridgehead atoms. The van der Waals surface area contributed by atoms with Crippen molar-refractivity contribution in [2.24, 2.45) is 11.7 Å². The molecule has 0 aliphatic carbocycles. The molecule has 0 unspecified atom stereocenters. The molecule has 0 heterocycles. The summed E-state index contributed by atoms with van der Waals surface area (Å²) in [5.74, 6) is 9.54. The predicted molar refractivity (Wildman–Crippen MR) is 58.3 cm³/mol. The van der Waals surface area contributed by atoms with E-state index in [9.17, 15) is 0 Å². The number of hydrogen-bond donors (Lipinski definition) is 3. The fourth-order valence-corrected chi connectivity index (χ4v) is 0.